The van der Waals surface area contributed by atoms with Crippen LogP contribution in [0.3, 0.4) is 0 Å². The predicted molar refractivity (Wildman–Crippen MR) is 81.2 cm³/mol. The average Bonchev–Trinajstić information content (AvgIpc) is 2.87. The highest BCUT2D eigenvalue weighted by Gasteiger charge is 2.43. The van der Waals surface area contributed by atoms with Crippen molar-refractivity contribution in [2.75, 3.05) is 7.11 Å². The largest absolute Gasteiger partial charge is 0.469 e. The van der Waals surface area contributed by atoms with Gasteiger partial charge in [-0.2, -0.15) is 0 Å². The maximum Gasteiger partial charge on any atom is 0.310 e. The molecule has 0 saturated heterocycles. The van der Waals surface area contributed by atoms with Gasteiger partial charge in [0.2, 0.25) is 10.0 Å². The van der Waals surface area contributed by atoms with Crippen LogP contribution < -0.4 is 4.72 Å². The molecule has 2 rings (SSSR count). The zero-order valence-corrected chi connectivity index (χ0v) is 13.8. The molecule has 5 nitrogen and oxygen atoms in total. The van der Waals surface area contributed by atoms with E-state index >= 15 is 0 Å². The minimum Gasteiger partial charge on any atom is -0.469 e. The van der Waals surface area contributed by atoms with Crippen LogP contribution in [0.4, 0.5) is 0 Å². The Hall–Kier alpha value is -0.620. The van der Waals surface area contributed by atoms with Gasteiger partial charge in [-0.3, -0.25) is 4.79 Å². The quantitative estimate of drug-likeness (QED) is 0.637. The van der Waals surface area contributed by atoms with Gasteiger partial charge in [0.25, 0.3) is 0 Å². The molecule has 21 heavy (non-hydrogen) atoms. The second kappa shape index (κ2) is 7.09. The summed E-state index contributed by atoms with van der Waals surface area (Å²) in [4.78, 5) is 11.8. The lowest BCUT2D eigenvalue weighted by Gasteiger charge is -2.26. The summed E-state index contributed by atoms with van der Waals surface area (Å²) in [6, 6.07) is 0.0106. The SMILES string of the molecule is COC(=O)C1CCCC1S(=O)(=O)NC1CCCCCC1C. The lowest BCUT2D eigenvalue weighted by atomic mass is 9.98. The maximum atomic E-state index is 12.7. The van der Waals surface area contributed by atoms with Crippen LogP contribution in [0.2, 0.25) is 0 Å². The molecule has 6 heteroatoms. The summed E-state index contributed by atoms with van der Waals surface area (Å²) in [6.07, 6.45) is 7.32. The topological polar surface area (TPSA) is 72.5 Å². The molecule has 2 saturated carbocycles. The molecule has 0 aliphatic heterocycles. The smallest absolute Gasteiger partial charge is 0.310 e. The van der Waals surface area contributed by atoms with E-state index in [1.807, 2.05) is 0 Å². The van der Waals surface area contributed by atoms with Gasteiger partial charge < -0.3 is 4.74 Å². The summed E-state index contributed by atoms with van der Waals surface area (Å²) < 4.78 is 33.0. The zero-order valence-electron chi connectivity index (χ0n) is 13.0. The van der Waals surface area contributed by atoms with Gasteiger partial charge in [0.1, 0.15) is 0 Å². The summed E-state index contributed by atoms with van der Waals surface area (Å²) in [6.45, 7) is 2.12. The molecule has 4 unspecified atom stereocenters. The molecule has 0 aromatic carbocycles. The molecular weight excluding hydrogens is 290 g/mol. The number of esters is 1. The normalized spacial score (nSPS) is 34.4. The van der Waals surface area contributed by atoms with Crippen molar-refractivity contribution in [3.63, 3.8) is 0 Å². The third-order valence-electron chi connectivity index (χ3n) is 5.03. The number of methoxy groups -OCH3 is 1. The molecule has 0 radical (unpaired) electrons. The van der Waals surface area contributed by atoms with Crippen LogP contribution >= 0.6 is 0 Å². The van der Waals surface area contributed by atoms with Crippen LogP contribution in [-0.4, -0.2) is 32.8 Å². The Kier molecular flexibility index (Phi) is 5.66. The van der Waals surface area contributed by atoms with Crippen LogP contribution in [0.1, 0.15) is 58.3 Å². The van der Waals surface area contributed by atoms with Crippen LogP contribution in [0.25, 0.3) is 0 Å². The highest BCUT2D eigenvalue weighted by Crippen LogP contribution is 2.33. The first kappa shape index (κ1) is 16.7. The Bertz CT molecular complexity index is 462. The van der Waals surface area contributed by atoms with Crippen molar-refractivity contribution in [3.05, 3.63) is 0 Å². The van der Waals surface area contributed by atoms with E-state index in [0.29, 0.717) is 18.8 Å². The highest BCUT2D eigenvalue weighted by molar-refractivity contribution is 7.90. The van der Waals surface area contributed by atoms with E-state index in [-0.39, 0.29) is 6.04 Å². The highest BCUT2D eigenvalue weighted by atomic mass is 32.2. The first-order valence-corrected chi connectivity index (χ1v) is 9.59. The van der Waals surface area contributed by atoms with E-state index in [1.165, 1.54) is 20.0 Å². The van der Waals surface area contributed by atoms with Gasteiger partial charge in [0.15, 0.2) is 0 Å². The number of hydrogen-bond donors (Lipinski definition) is 1. The van der Waals surface area contributed by atoms with Crippen molar-refractivity contribution in [1.82, 2.24) is 4.72 Å². The van der Waals surface area contributed by atoms with Crippen molar-refractivity contribution in [3.8, 4) is 0 Å². The van der Waals surface area contributed by atoms with Crippen molar-refractivity contribution < 1.29 is 17.9 Å². The van der Waals surface area contributed by atoms with Crippen molar-refractivity contribution in [1.29, 1.82) is 0 Å². The third-order valence-corrected chi connectivity index (χ3v) is 7.02. The first-order chi connectivity index (χ1) is 9.95. The summed E-state index contributed by atoms with van der Waals surface area (Å²) >= 11 is 0. The predicted octanol–water partition coefficient (Wildman–Crippen LogP) is 2.22. The number of ether oxygens (including phenoxy) is 1. The molecule has 0 amide bonds. The zero-order chi connectivity index (χ0) is 15.5. The lowest BCUT2D eigenvalue weighted by Crippen LogP contribution is -2.46. The number of carbonyl (C=O) groups is 1. The Morgan fingerprint density at radius 2 is 1.76 bits per heavy atom. The van der Waals surface area contributed by atoms with Crippen LogP contribution in [0, 0.1) is 11.8 Å². The van der Waals surface area contributed by atoms with E-state index in [0.717, 1.165) is 25.7 Å². The van der Waals surface area contributed by atoms with Gasteiger partial charge in [-0.15, -0.1) is 0 Å². The summed E-state index contributed by atoms with van der Waals surface area (Å²) in [5.41, 5.74) is 0. The number of nitrogens with one attached hydrogen (secondary N) is 1. The van der Waals surface area contributed by atoms with Gasteiger partial charge in [0.05, 0.1) is 18.3 Å². The molecular formula is C15H27NO4S. The van der Waals surface area contributed by atoms with Gasteiger partial charge in [-0.05, 0) is 31.6 Å². The minimum atomic E-state index is -3.46. The standard InChI is InChI=1S/C15H27NO4S/c1-11-7-4-3-5-9-13(11)16-21(18,19)14-10-6-8-12(14)15(17)20-2/h11-14,16H,3-10H2,1-2H3. The van der Waals surface area contributed by atoms with E-state index in [9.17, 15) is 13.2 Å². The van der Waals surface area contributed by atoms with Gasteiger partial charge >= 0.3 is 5.97 Å². The third kappa shape index (κ3) is 3.97. The molecule has 2 aliphatic carbocycles. The lowest BCUT2D eigenvalue weighted by molar-refractivity contribution is -0.145. The maximum absolute atomic E-state index is 12.7. The number of rotatable bonds is 4. The van der Waals surface area contributed by atoms with E-state index in [4.69, 9.17) is 4.74 Å². The van der Waals surface area contributed by atoms with E-state index in [2.05, 4.69) is 11.6 Å². The van der Waals surface area contributed by atoms with Crippen molar-refractivity contribution in [2.24, 2.45) is 11.8 Å². The van der Waals surface area contributed by atoms with Crippen LogP contribution in [0.5, 0.6) is 0 Å². The van der Waals surface area contributed by atoms with Gasteiger partial charge in [-0.25, -0.2) is 13.1 Å². The van der Waals surface area contributed by atoms with E-state index in [1.54, 1.807) is 0 Å². The van der Waals surface area contributed by atoms with Crippen LogP contribution in [0.15, 0.2) is 0 Å². The van der Waals surface area contributed by atoms with Crippen molar-refractivity contribution >= 4 is 16.0 Å². The van der Waals surface area contributed by atoms with Crippen LogP contribution in [-0.2, 0) is 19.6 Å². The molecule has 2 fully saturated rings. The Morgan fingerprint density at radius 1 is 1.05 bits per heavy atom. The fraction of sp³-hybridized carbons (Fsp3) is 0.933. The molecule has 1 N–H and O–H groups in total. The molecule has 0 bridgehead atoms. The Morgan fingerprint density at radius 3 is 2.48 bits per heavy atom. The number of hydrogen-bond acceptors (Lipinski definition) is 4. The molecule has 0 aromatic rings. The Balaban J connectivity index is 2.08. The van der Waals surface area contributed by atoms with Gasteiger partial charge in [0, 0.05) is 6.04 Å². The summed E-state index contributed by atoms with van der Waals surface area (Å²) in [5.74, 6) is -0.536. The molecule has 4 atom stereocenters. The van der Waals surface area contributed by atoms with Crippen molar-refractivity contribution in [2.45, 2.75) is 69.6 Å². The van der Waals surface area contributed by atoms with Gasteiger partial charge in [-0.1, -0.05) is 32.6 Å². The summed E-state index contributed by atoms with van der Waals surface area (Å²) in [5, 5.41) is -0.625. The van der Waals surface area contributed by atoms with E-state index < -0.39 is 27.2 Å². The fourth-order valence-electron chi connectivity index (χ4n) is 3.68. The number of sulfonamides is 1. The summed E-state index contributed by atoms with van der Waals surface area (Å²) in [7, 11) is -2.14. The molecule has 0 spiro atoms. The molecule has 0 aromatic heterocycles. The second-order valence-corrected chi connectivity index (χ2v) is 8.41. The molecule has 0 heterocycles. The monoisotopic (exact) mass is 317 g/mol. The molecule has 2 aliphatic rings. The minimum absolute atomic E-state index is 0.0106. The molecule has 122 valence electrons. The number of carbonyl (C=O) groups excluding carboxylic acids is 1. The first-order valence-electron chi connectivity index (χ1n) is 8.04. The average molecular weight is 317 g/mol. The Labute approximate surface area is 127 Å². The second-order valence-electron chi connectivity index (χ2n) is 6.48. The fourth-order valence-corrected chi connectivity index (χ4v) is 5.79.